The summed E-state index contributed by atoms with van der Waals surface area (Å²) in [4.78, 5) is 22.9. The Morgan fingerprint density at radius 3 is 2.61 bits per heavy atom. The Bertz CT molecular complexity index is 1170. The van der Waals surface area contributed by atoms with Crippen LogP contribution in [0, 0.1) is 0 Å². The molecule has 0 aliphatic rings. The Morgan fingerprint density at radius 2 is 1.94 bits per heavy atom. The van der Waals surface area contributed by atoms with E-state index in [1.165, 1.54) is 12.1 Å². The molecule has 178 valence electrons. The Labute approximate surface area is 201 Å². The minimum atomic E-state index is -4.53. The molecule has 0 bridgehead atoms. The molecule has 0 radical (unpaired) electrons. The Morgan fingerprint density at radius 1 is 1.21 bits per heavy atom. The van der Waals surface area contributed by atoms with E-state index in [-0.39, 0.29) is 15.8 Å². The van der Waals surface area contributed by atoms with E-state index in [0.717, 1.165) is 24.3 Å². The summed E-state index contributed by atoms with van der Waals surface area (Å²) in [5.41, 5.74) is 6.58. The van der Waals surface area contributed by atoms with Crippen LogP contribution < -0.4 is 15.8 Å². The number of nitrogens with zero attached hydrogens (tertiary/aromatic N) is 3. The monoisotopic (exact) mass is 521 g/mol. The lowest BCUT2D eigenvalue weighted by Crippen LogP contribution is -2.33. The van der Waals surface area contributed by atoms with Gasteiger partial charge in [0, 0.05) is 17.5 Å². The summed E-state index contributed by atoms with van der Waals surface area (Å²) in [6.45, 7) is -0.199. The van der Waals surface area contributed by atoms with Gasteiger partial charge in [0.1, 0.15) is 17.1 Å². The van der Waals surface area contributed by atoms with E-state index in [9.17, 15) is 18.0 Å². The van der Waals surface area contributed by atoms with Gasteiger partial charge in [0.2, 0.25) is 5.95 Å². The van der Waals surface area contributed by atoms with E-state index in [1.54, 1.807) is 6.07 Å². The smallest absolute Gasteiger partial charge is 0.405 e. The molecule has 33 heavy (non-hydrogen) atoms. The lowest BCUT2D eigenvalue weighted by atomic mass is 10.1. The lowest BCUT2D eigenvalue weighted by molar-refractivity contribution is -0.123. The van der Waals surface area contributed by atoms with Crippen molar-refractivity contribution < 1.29 is 22.7 Å². The molecule has 7 nitrogen and oxygen atoms in total. The summed E-state index contributed by atoms with van der Waals surface area (Å²) < 4.78 is 43.1. The molecule has 0 saturated carbocycles. The van der Waals surface area contributed by atoms with Crippen molar-refractivity contribution in [2.45, 2.75) is 12.6 Å². The average molecular weight is 522 g/mol. The number of hydrogen-bond donors (Lipinski definition) is 2. The number of alkyl halides is 3. The van der Waals surface area contributed by atoms with Gasteiger partial charge in [0.05, 0.1) is 27.2 Å². The van der Waals surface area contributed by atoms with Crippen LogP contribution >= 0.6 is 34.5 Å². The number of nitrogens with one attached hydrogen (secondary N) is 1. The first-order valence-electron chi connectivity index (χ1n) is 9.63. The van der Waals surface area contributed by atoms with Crippen LogP contribution in [0.2, 0.25) is 10.0 Å². The van der Waals surface area contributed by atoms with E-state index < -0.39 is 18.6 Å². The number of anilines is 1. The van der Waals surface area contributed by atoms with Gasteiger partial charge in [-0.25, -0.2) is 9.97 Å². The topological polar surface area (TPSA) is 93.4 Å². The number of carbonyl (C=O) groups is 1. The molecule has 3 N–H and O–H groups in total. The van der Waals surface area contributed by atoms with Crippen LogP contribution in [0.3, 0.4) is 0 Å². The largest absolute Gasteiger partial charge is 0.492 e. The van der Waals surface area contributed by atoms with Crippen LogP contribution in [-0.4, -0.2) is 60.7 Å². The van der Waals surface area contributed by atoms with Gasteiger partial charge in [-0.05, 0) is 38.7 Å². The van der Waals surface area contributed by atoms with Gasteiger partial charge >= 0.3 is 6.18 Å². The Hall–Kier alpha value is -2.34. The zero-order valence-electron chi connectivity index (χ0n) is 17.6. The highest BCUT2D eigenvalue weighted by atomic mass is 35.5. The molecule has 2 heterocycles. The van der Waals surface area contributed by atoms with E-state index in [0.29, 0.717) is 38.9 Å². The maximum atomic E-state index is 12.5. The van der Waals surface area contributed by atoms with E-state index in [4.69, 9.17) is 33.7 Å². The number of hydrogen-bond acceptors (Lipinski definition) is 7. The molecule has 3 rings (SSSR count). The molecule has 1 aromatic carbocycles. The molecule has 2 aromatic heterocycles. The highest BCUT2D eigenvalue weighted by Gasteiger charge is 2.28. The van der Waals surface area contributed by atoms with Gasteiger partial charge < -0.3 is 20.7 Å². The van der Waals surface area contributed by atoms with Crippen LogP contribution in [-0.2, 0) is 0 Å². The standard InChI is InChI=1S/C20H20Cl2F3N5O2S/c1-30(2)4-3-5-32-14-6-10(12(21)8-13(14)22)16-11-7-15(17(31)27-9-20(23,24)25)33-18(11)29-19(26)28-16/h6-8H,3-5,9H2,1-2H3,(H,27,31)(H2,26,28,29). The third kappa shape index (κ3) is 6.59. The molecule has 0 fully saturated rings. The first kappa shape index (κ1) is 25.3. The number of benzene rings is 1. The molecule has 13 heteroatoms. The molecule has 0 spiro atoms. The second kappa shape index (κ2) is 10.3. The number of amides is 1. The van der Waals surface area contributed by atoms with E-state index >= 15 is 0 Å². The van der Waals surface area contributed by atoms with Gasteiger partial charge in [-0.1, -0.05) is 23.2 Å². The third-order valence-electron chi connectivity index (χ3n) is 4.37. The number of fused-ring (bicyclic) bond motifs is 1. The van der Waals surface area contributed by atoms with Gasteiger partial charge in [-0.15, -0.1) is 11.3 Å². The second-order valence-corrected chi connectivity index (χ2v) is 9.17. The summed E-state index contributed by atoms with van der Waals surface area (Å²) in [5, 5.41) is 2.82. The van der Waals surface area contributed by atoms with Crippen LogP contribution in [0.15, 0.2) is 18.2 Å². The fraction of sp³-hybridized carbons (Fsp3) is 0.350. The normalized spacial score (nSPS) is 11.9. The van der Waals surface area contributed by atoms with E-state index in [2.05, 4.69) is 9.97 Å². The molecule has 0 aliphatic heterocycles. The number of ether oxygens (including phenoxy) is 1. The lowest BCUT2D eigenvalue weighted by Gasteiger charge is -2.13. The van der Waals surface area contributed by atoms with Crippen LogP contribution in [0.5, 0.6) is 5.75 Å². The summed E-state index contributed by atoms with van der Waals surface area (Å²) in [6, 6.07) is 4.53. The van der Waals surface area contributed by atoms with Crippen LogP contribution in [0.1, 0.15) is 16.1 Å². The van der Waals surface area contributed by atoms with Crippen molar-refractivity contribution in [3.8, 4) is 17.0 Å². The highest BCUT2D eigenvalue weighted by Crippen LogP contribution is 2.40. The number of aromatic nitrogens is 2. The maximum Gasteiger partial charge on any atom is 0.405 e. The summed E-state index contributed by atoms with van der Waals surface area (Å²) in [5.74, 6) is -0.577. The fourth-order valence-corrected chi connectivity index (χ4v) is 4.39. The summed E-state index contributed by atoms with van der Waals surface area (Å²) in [6.07, 6.45) is -3.76. The number of halogens is 5. The summed E-state index contributed by atoms with van der Waals surface area (Å²) >= 11 is 13.6. The first-order valence-corrected chi connectivity index (χ1v) is 11.2. The van der Waals surface area contributed by atoms with Crippen molar-refractivity contribution in [1.29, 1.82) is 0 Å². The van der Waals surface area contributed by atoms with Crippen molar-refractivity contribution in [3.63, 3.8) is 0 Å². The van der Waals surface area contributed by atoms with Crippen molar-refractivity contribution in [3.05, 3.63) is 33.1 Å². The van der Waals surface area contributed by atoms with Gasteiger partial charge in [0.25, 0.3) is 5.91 Å². The average Bonchev–Trinajstić information content (AvgIpc) is 3.13. The predicted molar refractivity (Wildman–Crippen MR) is 124 cm³/mol. The molecular formula is C20H20Cl2F3N5O2S. The zero-order valence-corrected chi connectivity index (χ0v) is 19.9. The van der Waals surface area contributed by atoms with Crippen molar-refractivity contribution in [2.24, 2.45) is 0 Å². The van der Waals surface area contributed by atoms with Crippen LogP contribution in [0.4, 0.5) is 19.1 Å². The number of nitrogens with two attached hydrogens (primary N) is 1. The first-order chi connectivity index (χ1) is 15.4. The van der Waals surface area contributed by atoms with Crippen molar-refractivity contribution in [1.82, 2.24) is 20.2 Å². The van der Waals surface area contributed by atoms with E-state index in [1.807, 2.05) is 24.3 Å². The molecule has 0 unspecified atom stereocenters. The van der Waals surface area contributed by atoms with Crippen LogP contribution in [0.25, 0.3) is 21.5 Å². The zero-order chi connectivity index (χ0) is 24.3. The predicted octanol–water partition coefficient (Wildman–Crippen LogP) is 4.87. The number of carbonyl (C=O) groups excluding carboxylic acids is 1. The molecule has 0 saturated heterocycles. The number of thiophene rings is 1. The Kier molecular flexibility index (Phi) is 7.88. The second-order valence-electron chi connectivity index (χ2n) is 7.33. The molecule has 3 aromatic rings. The molecule has 0 aliphatic carbocycles. The summed E-state index contributed by atoms with van der Waals surface area (Å²) in [7, 11) is 3.91. The Balaban J connectivity index is 1.96. The third-order valence-corrected chi connectivity index (χ3v) is 6.00. The maximum absolute atomic E-state index is 12.5. The van der Waals surface area contributed by atoms with Gasteiger partial charge in [0.15, 0.2) is 0 Å². The molecule has 0 atom stereocenters. The number of rotatable bonds is 8. The molecular weight excluding hydrogens is 502 g/mol. The molecule has 1 amide bonds. The minimum Gasteiger partial charge on any atom is -0.492 e. The highest BCUT2D eigenvalue weighted by molar-refractivity contribution is 7.20. The van der Waals surface area contributed by atoms with Crippen molar-refractivity contribution >= 4 is 56.6 Å². The van der Waals surface area contributed by atoms with Gasteiger partial charge in [-0.2, -0.15) is 13.2 Å². The van der Waals surface area contributed by atoms with Gasteiger partial charge in [-0.3, -0.25) is 4.79 Å². The minimum absolute atomic E-state index is 0.0284. The van der Waals surface area contributed by atoms with Crippen molar-refractivity contribution in [2.75, 3.05) is 39.5 Å². The number of nitrogen functional groups attached to an aromatic ring is 1. The fourth-order valence-electron chi connectivity index (χ4n) is 2.91. The SMILES string of the molecule is CN(C)CCCOc1cc(-c2nc(N)nc3sc(C(=O)NCC(F)(F)F)cc23)c(Cl)cc1Cl. The quantitative estimate of drug-likeness (QED) is 0.410.